The lowest BCUT2D eigenvalue weighted by Crippen LogP contribution is -2.44. The van der Waals surface area contributed by atoms with Gasteiger partial charge in [0.05, 0.1) is 6.54 Å². The van der Waals surface area contributed by atoms with Crippen LogP contribution in [0, 0.1) is 5.82 Å². The van der Waals surface area contributed by atoms with E-state index in [-0.39, 0.29) is 5.82 Å². The van der Waals surface area contributed by atoms with Crippen LogP contribution in [0.2, 0.25) is 0 Å². The highest BCUT2D eigenvalue weighted by Gasteiger charge is 2.22. The van der Waals surface area contributed by atoms with E-state index in [0.717, 1.165) is 26.1 Å². The van der Waals surface area contributed by atoms with Gasteiger partial charge in [0.1, 0.15) is 19.3 Å². The number of hydrogen-bond acceptors (Lipinski definition) is 4. The van der Waals surface area contributed by atoms with E-state index in [2.05, 4.69) is 15.0 Å². The molecule has 6 heteroatoms. The van der Waals surface area contributed by atoms with Crippen LogP contribution in [-0.4, -0.2) is 45.4 Å². The molecule has 0 unspecified atom stereocenters. The molecule has 0 saturated carbocycles. The van der Waals surface area contributed by atoms with Crippen molar-refractivity contribution >= 4 is 0 Å². The third kappa shape index (κ3) is 3.82. The number of rotatable bonds is 6. The standard InChI is InChI=1S/C16H21FN4O/c17-15-6-1-2-7-16(15)22-10-9-20-8-4-3-5-14(20)11-21-13-18-12-19-21/h1-2,6-7,12-14H,3-5,8-11H2/t14-/m0/s1. The van der Waals surface area contributed by atoms with Gasteiger partial charge in [0.2, 0.25) is 0 Å². The van der Waals surface area contributed by atoms with Gasteiger partial charge in [-0.2, -0.15) is 5.10 Å². The van der Waals surface area contributed by atoms with Gasteiger partial charge in [-0.25, -0.2) is 9.37 Å². The summed E-state index contributed by atoms with van der Waals surface area (Å²) >= 11 is 0. The Kier molecular flexibility index (Phi) is 5.00. The summed E-state index contributed by atoms with van der Waals surface area (Å²) in [7, 11) is 0. The van der Waals surface area contributed by atoms with Gasteiger partial charge in [0.25, 0.3) is 0 Å². The van der Waals surface area contributed by atoms with E-state index in [1.54, 1.807) is 30.9 Å². The summed E-state index contributed by atoms with van der Waals surface area (Å²) in [5.41, 5.74) is 0. The Morgan fingerprint density at radius 2 is 2.18 bits per heavy atom. The van der Waals surface area contributed by atoms with Crippen LogP contribution in [0.1, 0.15) is 19.3 Å². The predicted octanol–water partition coefficient (Wildman–Crippen LogP) is 2.35. The van der Waals surface area contributed by atoms with Gasteiger partial charge in [-0.05, 0) is 31.5 Å². The molecule has 0 N–H and O–H groups in total. The molecule has 2 aromatic rings. The maximum absolute atomic E-state index is 13.5. The third-order valence-electron chi connectivity index (χ3n) is 4.09. The summed E-state index contributed by atoms with van der Waals surface area (Å²) in [4.78, 5) is 6.40. The zero-order valence-corrected chi connectivity index (χ0v) is 12.6. The fraction of sp³-hybridized carbons (Fsp3) is 0.500. The molecule has 5 nitrogen and oxygen atoms in total. The molecule has 0 aliphatic carbocycles. The first kappa shape index (κ1) is 15.0. The number of aromatic nitrogens is 3. The summed E-state index contributed by atoms with van der Waals surface area (Å²) in [5.74, 6) is 0.0210. The Balaban J connectivity index is 1.52. The van der Waals surface area contributed by atoms with Gasteiger partial charge in [0.15, 0.2) is 11.6 Å². The van der Waals surface area contributed by atoms with Crippen molar-refractivity contribution < 1.29 is 9.13 Å². The van der Waals surface area contributed by atoms with Crippen LogP contribution in [-0.2, 0) is 6.54 Å². The number of halogens is 1. The summed E-state index contributed by atoms with van der Waals surface area (Å²) < 4.78 is 21.0. The maximum atomic E-state index is 13.5. The van der Waals surface area contributed by atoms with Crippen LogP contribution < -0.4 is 4.74 Å². The van der Waals surface area contributed by atoms with E-state index in [1.165, 1.54) is 18.9 Å². The van der Waals surface area contributed by atoms with Crippen molar-refractivity contribution in [1.82, 2.24) is 19.7 Å². The van der Waals surface area contributed by atoms with Crippen LogP contribution in [0.5, 0.6) is 5.75 Å². The molecule has 0 amide bonds. The van der Waals surface area contributed by atoms with Crippen LogP contribution in [0.4, 0.5) is 4.39 Å². The largest absolute Gasteiger partial charge is 0.489 e. The van der Waals surface area contributed by atoms with Crippen molar-refractivity contribution in [1.29, 1.82) is 0 Å². The molecule has 0 spiro atoms. The number of hydrogen-bond donors (Lipinski definition) is 0. The average Bonchev–Trinajstić information content (AvgIpc) is 3.04. The van der Waals surface area contributed by atoms with Gasteiger partial charge >= 0.3 is 0 Å². The minimum atomic E-state index is -0.305. The third-order valence-corrected chi connectivity index (χ3v) is 4.09. The fourth-order valence-electron chi connectivity index (χ4n) is 2.94. The molecule has 22 heavy (non-hydrogen) atoms. The molecular formula is C16H21FN4O. The molecule has 118 valence electrons. The van der Waals surface area contributed by atoms with Crippen LogP contribution >= 0.6 is 0 Å². The highest BCUT2D eigenvalue weighted by Crippen LogP contribution is 2.19. The number of piperidine rings is 1. The molecule has 0 radical (unpaired) electrons. The van der Waals surface area contributed by atoms with Gasteiger partial charge in [-0.1, -0.05) is 18.6 Å². The molecule has 1 saturated heterocycles. The molecule has 1 aromatic heterocycles. The number of ether oxygens (including phenoxy) is 1. The fourth-order valence-corrected chi connectivity index (χ4v) is 2.94. The van der Waals surface area contributed by atoms with E-state index in [1.807, 2.05) is 4.68 Å². The van der Waals surface area contributed by atoms with Crippen molar-refractivity contribution in [3.8, 4) is 5.75 Å². The molecular weight excluding hydrogens is 283 g/mol. The zero-order chi connectivity index (χ0) is 15.2. The second-order valence-electron chi connectivity index (χ2n) is 5.58. The average molecular weight is 304 g/mol. The maximum Gasteiger partial charge on any atom is 0.165 e. The van der Waals surface area contributed by atoms with Gasteiger partial charge in [-0.15, -0.1) is 0 Å². The van der Waals surface area contributed by atoms with Crippen molar-refractivity contribution in [2.45, 2.75) is 31.8 Å². The Bertz CT molecular complexity index is 575. The number of benzene rings is 1. The van der Waals surface area contributed by atoms with E-state index >= 15 is 0 Å². The lowest BCUT2D eigenvalue weighted by atomic mass is 10.0. The first-order valence-corrected chi connectivity index (χ1v) is 7.77. The molecule has 0 bridgehead atoms. The monoisotopic (exact) mass is 304 g/mol. The second kappa shape index (κ2) is 7.35. The molecule has 1 aliphatic heterocycles. The first-order chi connectivity index (χ1) is 10.8. The van der Waals surface area contributed by atoms with Crippen LogP contribution in [0.25, 0.3) is 0 Å². The topological polar surface area (TPSA) is 43.2 Å². The predicted molar refractivity (Wildman–Crippen MR) is 81.1 cm³/mol. The highest BCUT2D eigenvalue weighted by molar-refractivity contribution is 5.23. The second-order valence-corrected chi connectivity index (χ2v) is 5.58. The summed E-state index contributed by atoms with van der Waals surface area (Å²) in [6.07, 6.45) is 6.91. The highest BCUT2D eigenvalue weighted by atomic mass is 19.1. The Labute approximate surface area is 129 Å². The van der Waals surface area contributed by atoms with E-state index in [0.29, 0.717) is 18.4 Å². The van der Waals surface area contributed by atoms with E-state index in [9.17, 15) is 4.39 Å². The number of nitrogens with zero attached hydrogens (tertiary/aromatic N) is 4. The Morgan fingerprint density at radius 3 is 3.00 bits per heavy atom. The summed E-state index contributed by atoms with van der Waals surface area (Å²) in [5, 5.41) is 4.18. The molecule has 2 heterocycles. The van der Waals surface area contributed by atoms with Crippen molar-refractivity contribution in [2.75, 3.05) is 19.7 Å². The molecule has 1 aromatic carbocycles. The molecule has 3 rings (SSSR count). The summed E-state index contributed by atoms with van der Waals surface area (Å²) in [6, 6.07) is 6.98. The number of likely N-dealkylation sites (tertiary alicyclic amines) is 1. The minimum absolute atomic E-state index is 0.305. The normalized spacial score (nSPS) is 19.2. The van der Waals surface area contributed by atoms with E-state index < -0.39 is 0 Å². The molecule has 1 fully saturated rings. The lowest BCUT2D eigenvalue weighted by molar-refractivity contribution is 0.108. The van der Waals surface area contributed by atoms with Crippen molar-refractivity contribution in [3.05, 3.63) is 42.7 Å². The van der Waals surface area contributed by atoms with Crippen LogP contribution in [0.15, 0.2) is 36.9 Å². The SMILES string of the molecule is Fc1ccccc1OCCN1CCCC[C@H]1Cn1cncn1. The number of para-hydroxylation sites is 1. The smallest absolute Gasteiger partial charge is 0.165 e. The molecule has 1 atom stereocenters. The minimum Gasteiger partial charge on any atom is -0.489 e. The van der Waals surface area contributed by atoms with Crippen molar-refractivity contribution in [3.63, 3.8) is 0 Å². The Morgan fingerprint density at radius 1 is 1.27 bits per heavy atom. The van der Waals surface area contributed by atoms with E-state index in [4.69, 9.17) is 4.74 Å². The van der Waals surface area contributed by atoms with Gasteiger partial charge in [0, 0.05) is 12.6 Å². The summed E-state index contributed by atoms with van der Waals surface area (Å²) in [6.45, 7) is 3.20. The zero-order valence-electron chi connectivity index (χ0n) is 12.6. The Hall–Kier alpha value is -1.95. The first-order valence-electron chi connectivity index (χ1n) is 7.77. The van der Waals surface area contributed by atoms with Gasteiger partial charge < -0.3 is 4.74 Å². The lowest BCUT2D eigenvalue weighted by Gasteiger charge is -2.35. The van der Waals surface area contributed by atoms with Crippen molar-refractivity contribution in [2.24, 2.45) is 0 Å². The molecule has 1 aliphatic rings. The quantitative estimate of drug-likeness (QED) is 0.821. The van der Waals surface area contributed by atoms with Gasteiger partial charge in [-0.3, -0.25) is 9.58 Å². The van der Waals surface area contributed by atoms with Crippen LogP contribution in [0.3, 0.4) is 0 Å².